The van der Waals surface area contributed by atoms with Crippen molar-refractivity contribution in [3.63, 3.8) is 0 Å². The molecule has 1 unspecified atom stereocenters. The minimum Gasteiger partial charge on any atom is -0.354 e. The number of hydrogen-bond donors (Lipinski definition) is 2. The number of carbonyl (C=O) groups excluding carboxylic acids is 2. The molecule has 0 aliphatic carbocycles. The van der Waals surface area contributed by atoms with Gasteiger partial charge in [0.25, 0.3) is 5.91 Å². The first-order valence-corrected chi connectivity index (χ1v) is 9.04. The van der Waals surface area contributed by atoms with Gasteiger partial charge in [-0.3, -0.25) is 9.59 Å². The van der Waals surface area contributed by atoms with Gasteiger partial charge >= 0.3 is 0 Å². The SMILES string of the molecule is CCCNC(=O)C(C)NC(=O)c1ccc(Cn2nnc3ccccc32)cc1. The van der Waals surface area contributed by atoms with Crippen molar-refractivity contribution in [3.8, 4) is 0 Å². The van der Waals surface area contributed by atoms with Crippen LogP contribution < -0.4 is 10.6 Å². The van der Waals surface area contributed by atoms with E-state index in [0.29, 0.717) is 18.7 Å². The minimum absolute atomic E-state index is 0.181. The van der Waals surface area contributed by atoms with Gasteiger partial charge in [0.15, 0.2) is 0 Å². The zero-order valence-electron chi connectivity index (χ0n) is 15.5. The van der Waals surface area contributed by atoms with Crippen molar-refractivity contribution in [1.82, 2.24) is 25.6 Å². The van der Waals surface area contributed by atoms with Crippen molar-refractivity contribution in [2.24, 2.45) is 0 Å². The molecule has 7 heteroatoms. The summed E-state index contributed by atoms with van der Waals surface area (Å²) in [6, 6.07) is 14.5. The van der Waals surface area contributed by atoms with Crippen LogP contribution in [0.1, 0.15) is 36.2 Å². The first-order valence-electron chi connectivity index (χ1n) is 9.04. The Kier molecular flexibility index (Phi) is 5.80. The van der Waals surface area contributed by atoms with Crippen molar-refractivity contribution in [1.29, 1.82) is 0 Å². The highest BCUT2D eigenvalue weighted by atomic mass is 16.2. The molecular weight excluding hydrogens is 342 g/mol. The molecule has 27 heavy (non-hydrogen) atoms. The second kappa shape index (κ2) is 8.44. The average molecular weight is 365 g/mol. The summed E-state index contributed by atoms with van der Waals surface area (Å²) in [4.78, 5) is 24.2. The van der Waals surface area contributed by atoms with Crippen LogP contribution in [0.3, 0.4) is 0 Å². The Labute approximate surface area is 157 Å². The molecule has 7 nitrogen and oxygen atoms in total. The fourth-order valence-corrected chi connectivity index (χ4v) is 2.72. The van der Waals surface area contributed by atoms with Crippen LogP contribution in [-0.2, 0) is 11.3 Å². The summed E-state index contributed by atoms with van der Waals surface area (Å²) in [6.07, 6.45) is 0.856. The third kappa shape index (κ3) is 4.49. The number of carbonyl (C=O) groups is 2. The summed E-state index contributed by atoms with van der Waals surface area (Å²) in [5.41, 5.74) is 3.34. The molecule has 0 fully saturated rings. The number of amides is 2. The number of nitrogens with one attached hydrogen (secondary N) is 2. The van der Waals surface area contributed by atoms with Gasteiger partial charge in [0, 0.05) is 12.1 Å². The van der Waals surface area contributed by atoms with Gasteiger partial charge in [-0.05, 0) is 43.2 Å². The zero-order chi connectivity index (χ0) is 19.2. The van der Waals surface area contributed by atoms with Gasteiger partial charge in [0.05, 0.1) is 12.1 Å². The van der Waals surface area contributed by atoms with E-state index < -0.39 is 6.04 Å². The van der Waals surface area contributed by atoms with Gasteiger partial charge in [-0.1, -0.05) is 36.4 Å². The standard InChI is InChI=1S/C20H23N5O2/c1-3-12-21-19(26)14(2)22-20(27)16-10-8-15(9-11-16)13-25-18-7-5-4-6-17(18)23-24-25/h4-11,14H,3,12-13H2,1-2H3,(H,21,26)(H,22,27). The van der Waals surface area contributed by atoms with E-state index in [9.17, 15) is 9.59 Å². The number of rotatable bonds is 7. The van der Waals surface area contributed by atoms with Crippen molar-refractivity contribution < 1.29 is 9.59 Å². The number of fused-ring (bicyclic) bond motifs is 1. The Morgan fingerprint density at radius 2 is 1.85 bits per heavy atom. The predicted octanol–water partition coefficient (Wildman–Crippen LogP) is 2.12. The van der Waals surface area contributed by atoms with Gasteiger partial charge in [0.1, 0.15) is 11.6 Å². The maximum atomic E-state index is 12.3. The van der Waals surface area contributed by atoms with Crippen LogP contribution in [0.4, 0.5) is 0 Å². The van der Waals surface area contributed by atoms with Gasteiger partial charge in [-0.25, -0.2) is 4.68 Å². The van der Waals surface area contributed by atoms with Crippen molar-refractivity contribution in [3.05, 3.63) is 59.7 Å². The molecule has 0 bridgehead atoms. The van der Waals surface area contributed by atoms with E-state index in [0.717, 1.165) is 23.0 Å². The first kappa shape index (κ1) is 18.6. The average Bonchev–Trinajstić information content (AvgIpc) is 3.09. The van der Waals surface area contributed by atoms with Crippen LogP contribution in [0, 0.1) is 0 Å². The van der Waals surface area contributed by atoms with E-state index in [1.54, 1.807) is 19.1 Å². The van der Waals surface area contributed by atoms with E-state index >= 15 is 0 Å². The molecule has 2 amide bonds. The van der Waals surface area contributed by atoms with Crippen LogP contribution in [0.2, 0.25) is 0 Å². The molecule has 2 aromatic carbocycles. The highest BCUT2D eigenvalue weighted by Gasteiger charge is 2.16. The number of aromatic nitrogens is 3. The Balaban J connectivity index is 1.63. The van der Waals surface area contributed by atoms with Crippen LogP contribution >= 0.6 is 0 Å². The molecule has 0 saturated carbocycles. The van der Waals surface area contributed by atoms with Crippen molar-refractivity contribution in [2.75, 3.05) is 6.54 Å². The summed E-state index contributed by atoms with van der Waals surface area (Å²) in [5.74, 6) is -0.452. The molecule has 2 N–H and O–H groups in total. The number of nitrogens with zero attached hydrogens (tertiary/aromatic N) is 3. The second-order valence-electron chi connectivity index (χ2n) is 6.42. The third-order valence-electron chi connectivity index (χ3n) is 4.26. The molecule has 1 aromatic heterocycles. The normalized spacial score (nSPS) is 11.9. The van der Waals surface area contributed by atoms with Gasteiger partial charge in [-0.15, -0.1) is 5.10 Å². The van der Waals surface area contributed by atoms with Crippen LogP contribution in [0.25, 0.3) is 11.0 Å². The predicted molar refractivity (Wildman–Crippen MR) is 103 cm³/mol. The maximum Gasteiger partial charge on any atom is 0.251 e. The highest BCUT2D eigenvalue weighted by molar-refractivity contribution is 5.97. The zero-order valence-corrected chi connectivity index (χ0v) is 15.5. The fraction of sp³-hybridized carbons (Fsp3) is 0.300. The molecule has 0 aliphatic rings. The molecule has 0 saturated heterocycles. The van der Waals surface area contributed by atoms with Crippen LogP contribution in [0.5, 0.6) is 0 Å². The van der Waals surface area contributed by atoms with Crippen molar-refractivity contribution >= 4 is 22.8 Å². The smallest absolute Gasteiger partial charge is 0.251 e. The Morgan fingerprint density at radius 3 is 2.59 bits per heavy atom. The summed E-state index contributed by atoms with van der Waals surface area (Å²) in [5, 5.41) is 13.8. The molecule has 3 aromatic rings. The van der Waals surface area contributed by atoms with E-state index in [-0.39, 0.29) is 11.8 Å². The van der Waals surface area contributed by atoms with Crippen molar-refractivity contribution in [2.45, 2.75) is 32.9 Å². The molecule has 140 valence electrons. The minimum atomic E-state index is -0.578. The van der Waals surface area contributed by atoms with E-state index in [1.165, 1.54) is 0 Å². The van der Waals surface area contributed by atoms with E-state index in [1.807, 2.05) is 48.0 Å². The molecule has 1 heterocycles. The van der Waals surface area contributed by atoms with Gasteiger partial charge in [0.2, 0.25) is 5.91 Å². The summed E-state index contributed by atoms with van der Waals surface area (Å²) >= 11 is 0. The lowest BCUT2D eigenvalue weighted by atomic mass is 10.1. The number of hydrogen-bond acceptors (Lipinski definition) is 4. The maximum absolute atomic E-state index is 12.3. The Morgan fingerprint density at radius 1 is 1.11 bits per heavy atom. The lowest BCUT2D eigenvalue weighted by molar-refractivity contribution is -0.122. The molecular formula is C20H23N5O2. The first-order chi connectivity index (χ1) is 13.1. The lowest BCUT2D eigenvalue weighted by Gasteiger charge is -2.14. The molecule has 0 spiro atoms. The van der Waals surface area contributed by atoms with Crippen LogP contribution in [-0.4, -0.2) is 39.4 Å². The molecule has 3 rings (SSSR count). The van der Waals surface area contributed by atoms with E-state index in [4.69, 9.17) is 0 Å². The summed E-state index contributed by atoms with van der Waals surface area (Å²) in [7, 11) is 0. The Bertz CT molecular complexity index is 933. The molecule has 1 atom stereocenters. The number of benzene rings is 2. The number of para-hydroxylation sites is 1. The fourth-order valence-electron chi connectivity index (χ4n) is 2.72. The lowest BCUT2D eigenvalue weighted by Crippen LogP contribution is -2.45. The molecule has 0 aliphatic heterocycles. The quantitative estimate of drug-likeness (QED) is 0.671. The summed E-state index contributed by atoms with van der Waals surface area (Å²) in [6.45, 7) is 4.82. The van der Waals surface area contributed by atoms with Gasteiger partial charge < -0.3 is 10.6 Å². The summed E-state index contributed by atoms with van der Waals surface area (Å²) < 4.78 is 1.82. The highest BCUT2D eigenvalue weighted by Crippen LogP contribution is 2.13. The largest absolute Gasteiger partial charge is 0.354 e. The second-order valence-corrected chi connectivity index (χ2v) is 6.42. The third-order valence-corrected chi connectivity index (χ3v) is 4.26. The molecule has 0 radical (unpaired) electrons. The van der Waals surface area contributed by atoms with E-state index in [2.05, 4.69) is 20.9 Å². The van der Waals surface area contributed by atoms with Crippen LogP contribution in [0.15, 0.2) is 48.5 Å². The topological polar surface area (TPSA) is 88.9 Å². The van der Waals surface area contributed by atoms with Gasteiger partial charge in [-0.2, -0.15) is 0 Å². The Hall–Kier alpha value is -3.22. The monoisotopic (exact) mass is 365 g/mol.